The van der Waals surface area contributed by atoms with E-state index < -0.39 is 10.1 Å². The second-order valence-corrected chi connectivity index (χ2v) is 11.2. The van der Waals surface area contributed by atoms with Crippen LogP contribution in [0.5, 0.6) is 0 Å². The molecule has 0 aromatic heterocycles. The maximum absolute atomic E-state index is 9.42. The van der Waals surface area contributed by atoms with E-state index in [1.54, 1.807) is 10.8 Å². The Morgan fingerprint density at radius 2 is 1.07 bits per heavy atom. The van der Waals surface area contributed by atoms with E-state index >= 15 is 0 Å². The van der Waals surface area contributed by atoms with Gasteiger partial charge >= 0.3 is 0 Å². The Morgan fingerprint density at radius 3 is 1.41 bits per heavy atom. The molecule has 0 spiro atoms. The van der Waals surface area contributed by atoms with Gasteiger partial charge in [-0.15, -0.1) is 0 Å². The van der Waals surface area contributed by atoms with E-state index in [-0.39, 0.29) is 5.44 Å². The minimum Gasteiger partial charge on any atom is -0.382 e. The highest BCUT2D eigenvalue weighted by molar-refractivity contribution is 8.76. The summed E-state index contributed by atoms with van der Waals surface area (Å²) in [6, 6.07) is 0. The summed E-state index contributed by atoms with van der Waals surface area (Å²) in [5.41, 5.74) is -0.170. The summed E-state index contributed by atoms with van der Waals surface area (Å²) in [6.45, 7) is 4.32. The molecule has 0 saturated heterocycles. The molecule has 1 atom stereocenters. The first-order valence-corrected chi connectivity index (χ1v) is 14.9. The third kappa shape index (κ3) is 37.9. The van der Waals surface area contributed by atoms with Crippen LogP contribution < -0.4 is 0 Å². The van der Waals surface area contributed by atoms with E-state index in [9.17, 15) is 13.5 Å². The number of rotatable bonds is 18. The lowest BCUT2D eigenvalue weighted by Gasteiger charge is -2.06. The van der Waals surface area contributed by atoms with Crippen LogP contribution in [0, 0.1) is 0 Å². The Bertz CT molecular complexity index is 367. The van der Waals surface area contributed by atoms with Gasteiger partial charge in [0.05, 0.1) is 6.26 Å². The molecule has 0 aromatic carbocycles. The van der Waals surface area contributed by atoms with Crippen LogP contribution in [-0.4, -0.2) is 35.5 Å². The van der Waals surface area contributed by atoms with E-state index in [4.69, 9.17) is 4.55 Å². The molecule has 0 heterocycles. The summed E-state index contributed by atoms with van der Waals surface area (Å²) < 4.78 is 25.9. The number of hydrogen-bond donors (Lipinski definition) is 2. The van der Waals surface area contributed by atoms with Gasteiger partial charge in [0.2, 0.25) is 0 Å². The maximum atomic E-state index is 9.42. The highest BCUT2D eigenvalue weighted by Gasteiger charge is 2.00. The van der Waals surface area contributed by atoms with Crippen molar-refractivity contribution in [3.8, 4) is 0 Å². The predicted octanol–water partition coefficient (Wildman–Crippen LogP) is 7.08. The van der Waals surface area contributed by atoms with E-state index in [0.717, 1.165) is 6.42 Å². The van der Waals surface area contributed by atoms with Gasteiger partial charge < -0.3 is 5.11 Å². The number of aliphatic hydroxyl groups excluding tert-OH is 1. The SMILES string of the molecule is CCCCCCCCCCCCCCCCSSC(O)CC.CS(=O)(=O)O. The molecule has 0 aromatic rings. The van der Waals surface area contributed by atoms with Crippen LogP contribution in [0.3, 0.4) is 0 Å². The fourth-order valence-electron chi connectivity index (χ4n) is 2.55. The molecule has 0 aliphatic carbocycles. The fraction of sp³-hybridized carbons (Fsp3) is 1.00. The lowest BCUT2D eigenvalue weighted by molar-refractivity contribution is 0.261. The van der Waals surface area contributed by atoms with Gasteiger partial charge in [0, 0.05) is 5.75 Å². The van der Waals surface area contributed by atoms with Crippen LogP contribution in [0.1, 0.15) is 110 Å². The van der Waals surface area contributed by atoms with Gasteiger partial charge in [-0.05, 0) is 12.8 Å². The molecule has 0 rings (SSSR count). The molecule has 166 valence electrons. The largest absolute Gasteiger partial charge is 0.382 e. The van der Waals surface area contributed by atoms with Crippen molar-refractivity contribution in [1.29, 1.82) is 0 Å². The van der Waals surface area contributed by atoms with Crippen molar-refractivity contribution < 1.29 is 18.1 Å². The first-order valence-electron chi connectivity index (χ1n) is 10.7. The summed E-state index contributed by atoms with van der Waals surface area (Å²) >= 11 is 0. The van der Waals surface area contributed by atoms with E-state index in [1.165, 1.54) is 95.6 Å². The summed E-state index contributed by atoms with van der Waals surface area (Å²) in [5.74, 6) is 1.19. The molecular formula is C20H44O4S3. The van der Waals surface area contributed by atoms with E-state index in [2.05, 4.69) is 6.92 Å². The first-order chi connectivity index (χ1) is 12.8. The van der Waals surface area contributed by atoms with Crippen molar-refractivity contribution in [3.63, 3.8) is 0 Å². The topological polar surface area (TPSA) is 74.6 Å². The van der Waals surface area contributed by atoms with Crippen molar-refractivity contribution in [3.05, 3.63) is 0 Å². The molecular weight excluding hydrogens is 400 g/mol. The molecule has 7 heteroatoms. The van der Waals surface area contributed by atoms with Crippen LogP contribution in [0.4, 0.5) is 0 Å². The highest BCUT2D eigenvalue weighted by atomic mass is 33.1. The molecule has 4 nitrogen and oxygen atoms in total. The Morgan fingerprint density at radius 1 is 0.741 bits per heavy atom. The highest BCUT2D eigenvalue weighted by Crippen LogP contribution is 2.28. The zero-order valence-corrected chi connectivity index (χ0v) is 20.3. The summed E-state index contributed by atoms with van der Waals surface area (Å²) in [7, 11) is -0.196. The van der Waals surface area contributed by atoms with Gasteiger partial charge in [0.1, 0.15) is 5.44 Å². The standard InChI is InChI=1S/C19H40OS2.CH4O3S/c1-3-5-6-7-8-9-10-11-12-13-14-15-16-17-18-21-22-19(20)4-2;1-5(2,3)4/h19-20H,3-18H2,1-2H3;1H3,(H,2,3,4). The zero-order chi connectivity index (χ0) is 20.8. The van der Waals surface area contributed by atoms with Crippen molar-refractivity contribution in [2.24, 2.45) is 0 Å². The quantitative estimate of drug-likeness (QED) is 0.102. The molecule has 2 N–H and O–H groups in total. The molecule has 0 fully saturated rings. The van der Waals surface area contributed by atoms with Gasteiger partial charge in [-0.2, -0.15) is 8.42 Å². The first kappa shape index (κ1) is 29.8. The smallest absolute Gasteiger partial charge is 0.261 e. The fourth-order valence-corrected chi connectivity index (χ4v) is 4.78. The van der Waals surface area contributed by atoms with Gasteiger partial charge in [0.15, 0.2) is 0 Å². The number of aliphatic hydroxyl groups is 1. The molecule has 0 saturated carbocycles. The molecule has 1 unspecified atom stereocenters. The Labute approximate surface area is 177 Å². The van der Waals surface area contributed by atoms with Crippen molar-refractivity contribution in [1.82, 2.24) is 0 Å². The zero-order valence-electron chi connectivity index (χ0n) is 17.8. The van der Waals surface area contributed by atoms with Crippen LogP contribution in [0.25, 0.3) is 0 Å². The van der Waals surface area contributed by atoms with Gasteiger partial charge in [-0.1, -0.05) is 119 Å². The van der Waals surface area contributed by atoms with Gasteiger partial charge in [-0.25, -0.2) is 0 Å². The molecule has 0 amide bonds. The second kappa shape index (κ2) is 22.9. The molecule has 0 aliphatic heterocycles. The molecule has 0 bridgehead atoms. The maximum Gasteiger partial charge on any atom is 0.261 e. The van der Waals surface area contributed by atoms with Crippen LogP contribution in [0.15, 0.2) is 0 Å². The van der Waals surface area contributed by atoms with E-state index in [0.29, 0.717) is 6.26 Å². The molecule has 0 aliphatic rings. The molecule has 27 heavy (non-hydrogen) atoms. The van der Waals surface area contributed by atoms with Gasteiger partial charge in [0.25, 0.3) is 10.1 Å². The number of unbranched alkanes of at least 4 members (excludes halogenated alkanes) is 13. The minimum atomic E-state index is -3.67. The van der Waals surface area contributed by atoms with Crippen molar-refractivity contribution in [2.75, 3.05) is 12.0 Å². The third-order valence-electron chi connectivity index (χ3n) is 4.11. The summed E-state index contributed by atoms with van der Waals surface area (Å²) in [4.78, 5) is 0. The Balaban J connectivity index is 0. The average molecular weight is 445 g/mol. The Kier molecular flexibility index (Phi) is 25.2. The second-order valence-electron chi connectivity index (χ2n) is 7.11. The predicted molar refractivity (Wildman–Crippen MR) is 124 cm³/mol. The average Bonchev–Trinajstić information content (AvgIpc) is 2.59. The lowest BCUT2D eigenvalue weighted by atomic mass is 10.0. The normalized spacial score (nSPS) is 12.5. The van der Waals surface area contributed by atoms with Crippen LogP contribution >= 0.6 is 21.6 Å². The van der Waals surface area contributed by atoms with E-state index in [1.807, 2.05) is 17.7 Å². The summed E-state index contributed by atoms with van der Waals surface area (Å²) in [6.07, 6.45) is 21.5. The third-order valence-corrected chi connectivity index (χ3v) is 6.83. The lowest BCUT2D eigenvalue weighted by Crippen LogP contribution is -1.94. The minimum absolute atomic E-state index is 0.170. The van der Waals surface area contributed by atoms with Gasteiger partial charge in [-0.3, -0.25) is 4.55 Å². The monoisotopic (exact) mass is 444 g/mol. The number of hydrogen-bond acceptors (Lipinski definition) is 5. The van der Waals surface area contributed by atoms with Crippen molar-refractivity contribution in [2.45, 2.75) is 116 Å². The van der Waals surface area contributed by atoms with Crippen LogP contribution in [-0.2, 0) is 10.1 Å². The Hall–Kier alpha value is 0.570. The summed E-state index contributed by atoms with van der Waals surface area (Å²) in [5, 5.41) is 9.42. The molecule has 0 radical (unpaired) electrons. The van der Waals surface area contributed by atoms with Crippen LogP contribution in [0.2, 0.25) is 0 Å². The van der Waals surface area contributed by atoms with Crippen molar-refractivity contribution >= 4 is 31.7 Å².